The number of carboxylic acid groups (broad SMARTS) is 1. The van der Waals surface area contributed by atoms with Gasteiger partial charge in [0.25, 0.3) is 11.6 Å². The fourth-order valence-electron chi connectivity index (χ4n) is 1.76. The first kappa shape index (κ1) is 14.2. The highest BCUT2D eigenvalue weighted by Crippen LogP contribution is 2.23. The first-order chi connectivity index (χ1) is 9.90. The molecule has 21 heavy (non-hydrogen) atoms. The van der Waals surface area contributed by atoms with E-state index in [0.29, 0.717) is 5.56 Å². The van der Waals surface area contributed by atoms with E-state index in [1.165, 1.54) is 25.1 Å². The molecular formula is C12H10N4O5. The van der Waals surface area contributed by atoms with Gasteiger partial charge in [-0.2, -0.15) is 5.10 Å². The summed E-state index contributed by atoms with van der Waals surface area (Å²) in [6.45, 7) is 1.52. The number of nitro benzene ring substituents is 1. The van der Waals surface area contributed by atoms with Crippen molar-refractivity contribution in [2.75, 3.05) is 5.32 Å². The van der Waals surface area contributed by atoms with Crippen LogP contribution in [0, 0.1) is 17.0 Å². The number of H-pyrrole nitrogens is 1. The number of nitrogens with one attached hydrogen (secondary N) is 2. The predicted octanol–water partition coefficient (Wildman–Crippen LogP) is 1.58. The van der Waals surface area contributed by atoms with Crippen LogP contribution in [0.25, 0.3) is 0 Å². The quantitative estimate of drug-likeness (QED) is 0.577. The van der Waals surface area contributed by atoms with Crippen LogP contribution in [0.1, 0.15) is 26.4 Å². The molecule has 0 spiro atoms. The van der Waals surface area contributed by atoms with Gasteiger partial charge in [-0.25, -0.2) is 4.79 Å². The van der Waals surface area contributed by atoms with Gasteiger partial charge in [0.2, 0.25) is 0 Å². The highest BCUT2D eigenvalue weighted by Gasteiger charge is 2.23. The Morgan fingerprint density at radius 1 is 1.43 bits per heavy atom. The third-order valence-electron chi connectivity index (χ3n) is 2.71. The number of anilines is 1. The monoisotopic (exact) mass is 290 g/mol. The van der Waals surface area contributed by atoms with Crippen LogP contribution in [0.4, 0.5) is 11.5 Å². The van der Waals surface area contributed by atoms with Crippen molar-refractivity contribution in [3.05, 3.63) is 51.2 Å². The Bertz CT molecular complexity index is 737. The molecule has 9 heteroatoms. The summed E-state index contributed by atoms with van der Waals surface area (Å²) in [6.07, 6.45) is 0. The van der Waals surface area contributed by atoms with E-state index in [9.17, 15) is 19.7 Å². The maximum absolute atomic E-state index is 12.1. The molecular weight excluding hydrogens is 280 g/mol. The Morgan fingerprint density at radius 3 is 2.71 bits per heavy atom. The van der Waals surface area contributed by atoms with Crippen LogP contribution in [0.2, 0.25) is 0 Å². The summed E-state index contributed by atoms with van der Waals surface area (Å²) >= 11 is 0. The van der Waals surface area contributed by atoms with Crippen molar-refractivity contribution in [1.82, 2.24) is 10.2 Å². The molecule has 0 unspecified atom stereocenters. The summed E-state index contributed by atoms with van der Waals surface area (Å²) in [5, 5.41) is 27.9. The van der Waals surface area contributed by atoms with Crippen LogP contribution >= 0.6 is 0 Å². The minimum atomic E-state index is -1.23. The van der Waals surface area contributed by atoms with Gasteiger partial charge in [0.05, 0.1) is 4.92 Å². The molecule has 0 saturated heterocycles. The molecule has 108 valence electrons. The molecule has 0 saturated carbocycles. The molecule has 0 aliphatic carbocycles. The van der Waals surface area contributed by atoms with Gasteiger partial charge >= 0.3 is 5.97 Å². The highest BCUT2D eigenvalue weighted by atomic mass is 16.6. The Morgan fingerprint density at radius 2 is 2.14 bits per heavy atom. The SMILES string of the molecule is Cc1cccc(C(=O)Nc2cc(C(=O)O)[nH]n2)c1[N+](=O)[O-]. The largest absolute Gasteiger partial charge is 0.477 e. The Hall–Kier alpha value is -3.23. The number of hydrogen-bond acceptors (Lipinski definition) is 5. The fraction of sp³-hybridized carbons (Fsp3) is 0.0833. The van der Waals surface area contributed by atoms with E-state index in [1.807, 2.05) is 0 Å². The molecule has 0 fully saturated rings. The third kappa shape index (κ3) is 2.86. The molecule has 2 rings (SSSR count). The summed E-state index contributed by atoms with van der Waals surface area (Å²) in [7, 11) is 0. The van der Waals surface area contributed by atoms with Crippen LogP contribution in [-0.2, 0) is 0 Å². The average molecular weight is 290 g/mol. The lowest BCUT2D eigenvalue weighted by molar-refractivity contribution is -0.385. The van der Waals surface area contributed by atoms with Gasteiger partial charge in [-0.1, -0.05) is 12.1 Å². The average Bonchev–Trinajstić information content (AvgIpc) is 2.86. The van der Waals surface area contributed by atoms with Crippen LogP contribution in [-0.4, -0.2) is 32.1 Å². The van der Waals surface area contributed by atoms with Crippen LogP contribution in [0.5, 0.6) is 0 Å². The minimum Gasteiger partial charge on any atom is -0.477 e. The highest BCUT2D eigenvalue weighted by molar-refractivity contribution is 6.07. The molecule has 0 bridgehead atoms. The molecule has 0 aliphatic heterocycles. The summed E-state index contributed by atoms with van der Waals surface area (Å²) in [6, 6.07) is 5.46. The second-order valence-electron chi connectivity index (χ2n) is 4.15. The predicted molar refractivity (Wildman–Crippen MR) is 71.3 cm³/mol. The van der Waals surface area contributed by atoms with E-state index in [1.54, 1.807) is 0 Å². The lowest BCUT2D eigenvalue weighted by atomic mass is 10.1. The van der Waals surface area contributed by atoms with Gasteiger partial charge < -0.3 is 10.4 Å². The normalized spacial score (nSPS) is 10.1. The lowest BCUT2D eigenvalue weighted by Crippen LogP contribution is -2.14. The van der Waals surface area contributed by atoms with Gasteiger partial charge in [-0.05, 0) is 13.0 Å². The number of nitrogens with zero attached hydrogens (tertiary/aromatic N) is 2. The van der Waals surface area contributed by atoms with E-state index < -0.39 is 16.8 Å². The van der Waals surface area contributed by atoms with E-state index in [4.69, 9.17) is 5.11 Å². The maximum atomic E-state index is 12.1. The number of hydrogen-bond donors (Lipinski definition) is 3. The number of carbonyl (C=O) groups excluding carboxylic acids is 1. The number of aromatic nitrogens is 2. The van der Waals surface area contributed by atoms with Crippen molar-refractivity contribution in [2.24, 2.45) is 0 Å². The van der Waals surface area contributed by atoms with Crippen molar-refractivity contribution >= 4 is 23.4 Å². The smallest absolute Gasteiger partial charge is 0.353 e. The zero-order valence-electron chi connectivity index (χ0n) is 10.8. The Balaban J connectivity index is 2.30. The van der Waals surface area contributed by atoms with Gasteiger partial charge in [0.15, 0.2) is 5.82 Å². The number of aromatic amines is 1. The van der Waals surface area contributed by atoms with Crippen molar-refractivity contribution in [2.45, 2.75) is 6.92 Å². The molecule has 0 radical (unpaired) electrons. The molecule has 3 N–H and O–H groups in total. The first-order valence-electron chi connectivity index (χ1n) is 5.74. The zero-order valence-corrected chi connectivity index (χ0v) is 10.8. The number of carbonyl (C=O) groups is 2. The molecule has 1 amide bonds. The van der Waals surface area contributed by atoms with Crippen LogP contribution in [0.15, 0.2) is 24.3 Å². The summed E-state index contributed by atoms with van der Waals surface area (Å²) < 4.78 is 0. The van der Waals surface area contributed by atoms with E-state index in [0.717, 1.165) is 6.07 Å². The maximum Gasteiger partial charge on any atom is 0.353 e. The molecule has 1 aromatic heterocycles. The molecule has 0 atom stereocenters. The number of benzene rings is 1. The standard InChI is InChI=1S/C12H10N4O5/c1-6-3-2-4-7(10(6)16(20)21)11(17)13-9-5-8(12(18)19)14-15-9/h2-5H,1H3,(H,18,19)(H2,13,14,15,17). The first-order valence-corrected chi connectivity index (χ1v) is 5.74. The fourth-order valence-corrected chi connectivity index (χ4v) is 1.76. The van der Waals surface area contributed by atoms with Crippen molar-refractivity contribution in [1.29, 1.82) is 0 Å². The number of aryl methyl sites for hydroxylation is 1. The van der Waals surface area contributed by atoms with Gasteiger partial charge in [0.1, 0.15) is 11.3 Å². The number of nitro groups is 1. The molecule has 2 aromatic rings. The molecule has 9 nitrogen and oxygen atoms in total. The van der Waals surface area contributed by atoms with E-state index in [-0.39, 0.29) is 22.8 Å². The van der Waals surface area contributed by atoms with Crippen LogP contribution in [0.3, 0.4) is 0 Å². The topological polar surface area (TPSA) is 138 Å². The molecule has 1 aromatic carbocycles. The van der Waals surface area contributed by atoms with Gasteiger partial charge in [-0.3, -0.25) is 20.0 Å². The number of aromatic carboxylic acids is 1. The Kier molecular flexibility index (Phi) is 3.65. The zero-order chi connectivity index (χ0) is 15.6. The van der Waals surface area contributed by atoms with Gasteiger partial charge in [0, 0.05) is 11.6 Å². The van der Waals surface area contributed by atoms with Crippen LogP contribution < -0.4 is 5.32 Å². The lowest BCUT2D eigenvalue weighted by Gasteiger charge is -2.04. The summed E-state index contributed by atoms with van der Waals surface area (Å²) in [4.78, 5) is 33.1. The number of carboxylic acids is 1. The third-order valence-corrected chi connectivity index (χ3v) is 2.71. The van der Waals surface area contributed by atoms with Crippen molar-refractivity contribution in [3.63, 3.8) is 0 Å². The second-order valence-corrected chi connectivity index (χ2v) is 4.15. The summed E-state index contributed by atoms with van der Waals surface area (Å²) in [5.41, 5.74) is -0.284. The number of rotatable bonds is 4. The van der Waals surface area contributed by atoms with Crippen molar-refractivity contribution in [3.8, 4) is 0 Å². The number of para-hydroxylation sites is 1. The van der Waals surface area contributed by atoms with E-state index >= 15 is 0 Å². The summed E-state index contributed by atoms with van der Waals surface area (Å²) in [5.74, 6) is -2.01. The molecule has 0 aliphatic rings. The van der Waals surface area contributed by atoms with Gasteiger partial charge in [-0.15, -0.1) is 0 Å². The minimum absolute atomic E-state index is 0.0341. The van der Waals surface area contributed by atoms with Crippen molar-refractivity contribution < 1.29 is 19.6 Å². The second kappa shape index (κ2) is 5.41. The Labute approximate surface area is 117 Å². The number of amides is 1. The molecule has 1 heterocycles. The van der Waals surface area contributed by atoms with E-state index in [2.05, 4.69) is 15.5 Å².